The van der Waals surface area contributed by atoms with E-state index in [2.05, 4.69) is 38.2 Å². The Hall–Kier alpha value is -0.900. The third kappa shape index (κ3) is 3.15. The summed E-state index contributed by atoms with van der Waals surface area (Å²) < 4.78 is 5.56. The predicted molar refractivity (Wildman–Crippen MR) is 83.1 cm³/mol. The highest BCUT2D eigenvalue weighted by Gasteiger charge is 2.42. The summed E-state index contributed by atoms with van der Waals surface area (Å²) in [5, 5.41) is 7.85. The van der Waals surface area contributed by atoms with Gasteiger partial charge in [-0.1, -0.05) is 39.3 Å². The molecule has 1 heterocycles. The first kappa shape index (κ1) is 15.0. The number of hydrogen-bond acceptors (Lipinski definition) is 4. The number of likely N-dealkylation sites (N-methyl/N-ethyl adjacent to an activating group) is 1. The minimum atomic E-state index is 0.192. The van der Waals surface area contributed by atoms with Crippen molar-refractivity contribution in [3.63, 3.8) is 0 Å². The molecule has 2 aliphatic rings. The van der Waals surface area contributed by atoms with E-state index in [4.69, 9.17) is 9.51 Å². The molecule has 4 heteroatoms. The van der Waals surface area contributed by atoms with Crippen LogP contribution in [0.3, 0.4) is 0 Å². The minimum Gasteiger partial charge on any atom is -0.339 e. The lowest BCUT2D eigenvalue weighted by molar-refractivity contribution is 0.247. The van der Waals surface area contributed by atoms with Gasteiger partial charge in [0.15, 0.2) is 5.82 Å². The second-order valence-corrected chi connectivity index (χ2v) is 8.01. The highest BCUT2D eigenvalue weighted by Crippen LogP contribution is 2.52. The van der Waals surface area contributed by atoms with E-state index in [-0.39, 0.29) is 5.41 Å². The van der Waals surface area contributed by atoms with Crippen LogP contribution in [0.1, 0.15) is 71.0 Å². The van der Waals surface area contributed by atoms with Crippen molar-refractivity contribution in [3.05, 3.63) is 11.7 Å². The minimum absolute atomic E-state index is 0.192. The molecule has 4 nitrogen and oxygen atoms in total. The number of nitrogens with zero attached hydrogens (tertiary/aromatic N) is 2. The summed E-state index contributed by atoms with van der Waals surface area (Å²) in [5.74, 6) is 4.07. The Kier molecular flexibility index (Phi) is 4.08. The molecule has 21 heavy (non-hydrogen) atoms. The fourth-order valence-electron chi connectivity index (χ4n) is 4.17. The standard InChI is InChI=1S/C17H29N3O/c1-5-18-14(17(2,3)4)10-15-19-16(20-21-15)13-9-11-6-7-12(13)8-11/h11-14,18H,5-10H2,1-4H3. The van der Waals surface area contributed by atoms with Crippen molar-refractivity contribution < 1.29 is 4.52 Å². The SMILES string of the molecule is CCNC(Cc1nc(C2CC3CCC2C3)no1)C(C)(C)C. The third-order valence-corrected chi connectivity index (χ3v) is 5.43. The van der Waals surface area contributed by atoms with Gasteiger partial charge in [0.05, 0.1) is 0 Å². The highest BCUT2D eigenvalue weighted by atomic mass is 16.5. The molecule has 0 spiro atoms. The second kappa shape index (κ2) is 5.71. The first-order valence-electron chi connectivity index (χ1n) is 8.53. The fraction of sp³-hybridized carbons (Fsp3) is 0.882. The Labute approximate surface area is 128 Å². The molecule has 1 aromatic heterocycles. The van der Waals surface area contributed by atoms with E-state index >= 15 is 0 Å². The number of aromatic nitrogens is 2. The molecule has 1 aromatic rings. The van der Waals surface area contributed by atoms with Crippen molar-refractivity contribution in [2.75, 3.05) is 6.54 Å². The van der Waals surface area contributed by atoms with Crippen molar-refractivity contribution in [2.45, 2.75) is 71.8 Å². The molecule has 1 N–H and O–H groups in total. The molecule has 118 valence electrons. The normalized spacial score (nSPS) is 30.0. The van der Waals surface area contributed by atoms with Gasteiger partial charge in [-0.3, -0.25) is 0 Å². The summed E-state index contributed by atoms with van der Waals surface area (Å²) in [7, 11) is 0. The first-order chi connectivity index (χ1) is 9.97. The lowest BCUT2D eigenvalue weighted by atomic mass is 9.84. The van der Waals surface area contributed by atoms with Crippen LogP contribution in [0.25, 0.3) is 0 Å². The molecule has 2 saturated carbocycles. The highest BCUT2D eigenvalue weighted by molar-refractivity contribution is 5.07. The Morgan fingerprint density at radius 3 is 2.67 bits per heavy atom. The van der Waals surface area contributed by atoms with Crippen molar-refractivity contribution in [1.82, 2.24) is 15.5 Å². The van der Waals surface area contributed by atoms with Gasteiger partial charge in [0.1, 0.15) is 0 Å². The van der Waals surface area contributed by atoms with Gasteiger partial charge in [-0.05, 0) is 43.1 Å². The molecule has 0 aliphatic heterocycles. The maximum Gasteiger partial charge on any atom is 0.228 e. The lowest BCUT2D eigenvalue weighted by Gasteiger charge is -2.30. The van der Waals surface area contributed by atoms with Crippen molar-refractivity contribution in [3.8, 4) is 0 Å². The van der Waals surface area contributed by atoms with E-state index in [1.54, 1.807) is 0 Å². The molecule has 4 unspecified atom stereocenters. The zero-order chi connectivity index (χ0) is 15.0. The zero-order valence-electron chi connectivity index (χ0n) is 13.9. The van der Waals surface area contributed by atoms with Gasteiger partial charge < -0.3 is 9.84 Å². The molecule has 0 radical (unpaired) electrons. The molecule has 3 rings (SSSR count). The van der Waals surface area contributed by atoms with E-state index in [0.29, 0.717) is 12.0 Å². The van der Waals surface area contributed by atoms with E-state index in [1.807, 2.05) is 0 Å². The zero-order valence-corrected chi connectivity index (χ0v) is 13.9. The molecule has 2 bridgehead atoms. The smallest absolute Gasteiger partial charge is 0.228 e. The van der Waals surface area contributed by atoms with Crippen molar-refractivity contribution in [2.24, 2.45) is 17.3 Å². The first-order valence-corrected chi connectivity index (χ1v) is 8.53. The van der Waals surface area contributed by atoms with Crippen LogP contribution in [-0.2, 0) is 6.42 Å². The van der Waals surface area contributed by atoms with Gasteiger partial charge in [0, 0.05) is 18.4 Å². The van der Waals surface area contributed by atoms with Crippen LogP contribution in [-0.4, -0.2) is 22.7 Å². The summed E-state index contributed by atoms with van der Waals surface area (Å²) in [5.41, 5.74) is 0.192. The maximum absolute atomic E-state index is 5.56. The van der Waals surface area contributed by atoms with Crippen LogP contribution in [0.2, 0.25) is 0 Å². The predicted octanol–water partition coefficient (Wildman–Crippen LogP) is 3.54. The quantitative estimate of drug-likeness (QED) is 0.901. The topological polar surface area (TPSA) is 51.0 Å². The molecule has 4 atom stereocenters. The van der Waals surface area contributed by atoms with Crippen molar-refractivity contribution in [1.29, 1.82) is 0 Å². The molecule has 0 aromatic carbocycles. The summed E-state index contributed by atoms with van der Waals surface area (Å²) in [6.07, 6.45) is 6.26. The maximum atomic E-state index is 5.56. The van der Waals surface area contributed by atoms with Crippen LogP contribution < -0.4 is 5.32 Å². The average molecular weight is 291 g/mol. The van der Waals surface area contributed by atoms with E-state index in [9.17, 15) is 0 Å². The Morgan fingerprint density at radius 1 is 1.29 bits per heavy atom. The summed E-state index contributed by atoms with van der Waals surface area (Å²) in [6.45, 7) is 9.89. The molecule has 2 aliphatic carbocycles. The number of rotatable bonds is 5. The summed E-state index contributed by atoms with van der Waals surface area (Å²) in [6, 6.07) is 0.371. The Morgan fingerprint density at radius 2 is 2.10 bits per heavy atom. The van der Waals surface area contributed by atoms with Crippen LogP contribution >= 0.6 is 0 Å². The Bertz CT molecular complexity index is 477. The molecular formula is C17H29N3O. The van der Waals surface area contributed by atoms with E-state index < -0.39 is 0 Å². The van der Waals surface area contributed by atoms with E-state index in [1.165, 1.54) is 25.7 Å². The monoisotopic (exact) mass is 291 g/mol. The van der Waals surface area contributed by atoms with Gasteiger partial charge in [0.2, 0.25) is 5.89 Å². The molecular weight excluding hydrogens is 262 g/mol. The van der Waals surface area contributed by atoms with Crippen LogP contribution in [0, 0.1) is 17.3 Å². The van der Waals surface area contributed by atoms with Gasteiger partial charge in [-0.25, -0.2) is 0 Å². The number of fused-ring (bicyclic) bond motifs is 2. The molecule has 0 amide bonds. The van der Waals surface area contributed by atoms with Crippen LogP contribution in [0.15, 0.2) is 4.52 Å². The van der Waals surface area contributed by atoms with Gasteiger partial charge >= 0.3 is 0 Å². The molecule has 2 fully saturated rings. The largest absolute Gasteiger partial charge is 0.339 e. The summed E-state index contributed by atoms with van der Waals surface area (Å²) in [4.78, 5) is 4.73. The van der Waals surface area contributed by atoms with Gasteiger partial charge in [-0.15, -0.1) is 0 Å². The van der Waals surface area contributed by atoms with Crippen LogP contribution in [0.5, 0.6) is 0 Å². The Balaban J connectivity index is 1.67. The van der Waals surface area contributed by atoms with Crippen LogP contribution in [0.4, 0.5) is 0 Å². The average Bonchev–Trinajstić information content (AvgIpc) is 3.12. The third-order valence-electron chi connectivity index (χ3n) is 5.43. The van der Waals surface area contributed by atoms with Crippen molar-refractivity contribution >= 4 is 0 Å². The lowest BCUT2D eigenvalue weighted by Crippen LogP contribution is -2.41. The number of hydrogen-bond donors (Lipinski definition) is 1. The van der Waals surface area contributed by atoms with Gasteiger partial charge in [0.25, 0.3) is 0 Å². The van der Waals surface area contributed by atoms with E-state index in [0.717, 1.165) is 36.5 Å². The molecule has 0 saturated heterocycles. The number of nitrogens with one attached hydrogen (secondary N) is 1. The fourth-order valence-corrected chi connectivity index (χ4v) is 4.17. The summed E-state index contributed by atoms with van der Waals surface area (Å²) >= 11 is 0. The van der Waals surface area contributed by atoms with Gasteiger partial charge in [-0.2, -0.15) is 4.98 Å². The second-order valence-electron chi connectivity index (χ2n) is 8.01.